The first-order valence-corrected chi connectivity index (χ1v) is 15.8. The number of pyridine rings is 1. The number of amides is 2. The van der Waals surface area contributed by atoms with Gasteiger partial charge in [-0.05, 0) is 60.5 Å². The highest BCUT2D eigenvalue weighted by Gasteiger charge is 2.28. The molecule has 0 unspecified atom stereocenters. The van der Waals surface area contributed by atoms with Gasteiger partial charge in [0.15, 0.2) is 0 Å². The Balaban J connectivity index is 1.42. The summed E-state index contributed by atoms with van der Waals surface area (Å²) in [4.78, 5) is 43.0. The molecule has 1 atom stereocenters. The number of methoxy groups -OCH3 is 3. The van der Waals surface area contributed by atoms with Crippen molar-refractivity contribution in [3.05, 3.63) is 113 Å². The summed E-state index contributed by atoms with van der Waals surface area (Å²) in [5.74, 6) is -3.34. The fraction of sp³-hybridized carbons (Fsp3) is 0.211. The van der Waals surface area contributed by atoms with E-state index in [1.54, 1.807) is 62.9 Å². The number of ether oxygens (including phenoxy) is 5. The molecule has 5 rings (SSSR count). The number of nitrogens with zero attached hydrogens (tertiary/aromatic N) is 1. The van der Waals surface area contributed by atoms with Crippen molar-refractivity contribution in [1.82, 2.24) is 10.3 Å². The van der Waals surface area contributed by atoms with Gasteiger partial charge in [-0.1, -0.05) is 36.4 Å². The van der Waals surface area contributed by atoms with Gasteiger partial charge in [0.25, 0.3) is 5.91 Å². The third kappa shape index (κ3) is 8.39. The third-order valence-electron chi connectivity index (χ3n) is 7.85. The topological polar surface area (TPSA) is 134 Å². The molecule has 51 heavy (non-hydrogen) atoms. The lowest BCUT2D eigenvalue weighted by molar-refractivity contribution is -0.142. The zero-order valence-corrected chi connectivity index (χ0v) is 28.3. The van der Waals surface area contributed by atoms with Gasteiger partial charge >= 0.3 is 12.1 Å². The Bertz CT molecular complexity index is 2010. The van der Waals surface area contributed by atoms with Crippen molar-refractivity contribution < 1.29 is 46.8 Å². The Morgan fingerprint density at radius 2 is 1.55 bits per heavy atom. The number of aromatic nitrogens is 1. The molecular weight excluding hydrogens is 664 g/mol. The fourth-order valence-corrected chi connectivity index (χ4v) is 5.53. The summed E-state index contributed by atoms with van der Waals surface area (Å²) < 4.78 is 57.4. The van der Waals surface area contributed by atoms with Crippen molar-refractivity contribution in [2.45, 2.75) is 26.0 Å². The normalized spacial score (nSPS) is 11.4. The first-order chi connectivity index (χ1) is 24.7. The Morgan fingerprint density at radius 3 is 2.18 bits per heavy atom. The number of para-hydroxylation sites is 1. The van der Waals surface area contributed by atoms with Gasteiger partial charge in [0, 0.05) is 35.9 Å². The lowest BCUT2D eigenvalue weighted by Crippen LogP contribution is -2.43. The molecule has 0 aliphatic heterocycles. The van der Waals surface area contributed by atoms with Crippen LogP contribution < -0.4 is 24.8 Å². The maximum Gasteiger partial charge on any atom is 0.417 e. The number of hydrogen-bond acceptors (Lipinski definition) is 9. The first-order valence-electron chi connectivity index (χ1n) is 15.8. The number of hydrogen-bond donors (Lipinski definition) is 2. The van der Waals surface area contributed by atoms with E-state index in [-0.39, 0.29) is 17.9 Å². The molecule has 0 radical (unpaired) electrons. The monoisotopic (exact) mass is 699 g/mol. The molecule has 264 valence electrons. The molecule has 0 saturated heterocycles. The average Bonchev–Trinajstić information content (AvgIpc) is 3.13. The minimum atomic E-state index is -1.35. The highest BCUT2D eigenvalue weighted by molar-refractivity contribution is 6.00. The second-order valence-corrected chi connectivity index (χ2v) is 11.1. The molecule has 0 spiro atoms. The standard InChI is InChI=1S/C38H35F2N3O8/c1-5-50-21-22-16-31(47-2)33(32(17-22)48-3)27-14-13-23(26-12-9-15-41-35(26)27)18-30(37(45)49-4)43-36(44)34-28(39)19-24(20-29(34)40)42-38(46)51-25-10-7-6-8-11-25/h6-17,19-20,30H,5,18,21H2,1-4H3,(H,42,46)(H,43,44)/t30-/m0/s1. The Labute approximate surface area is 292 Å². The molecule has 0 saturated carbocycles. The van der Waals surface area contributed by atoms with Crippen molar-refractivity contribution >= 4 is 34.6 Å². The summed E-state index contributed by atoms with van der Waals surface area (Å²) in [7, 11) is 4.23. The fourth-order valence-electron chi connectivity index (χ4n) is 5.53. The number of rotatable bonds is 13. The molecule has 0 aliphatic carbocycles. The molecule has 0 fully saturated rings. The van der Waals surface area contributed by atoms with E-state index in [1.807, 2.05) is 19.1 Å². The lowest BCUT2D eigenvalue weighted by atomic mass is 9.93. The van der Waals surface area contributed by atoms with Gasteiger partial charge in [-0.15, -0.1) is 0 Å². The van der Waals surface area contributed by atoms with Gasteiger partial charge in [0.2, 0.25) is 0 Å². The highest BCUT2D eigenvalue weighted by atomic mass is 19.1. The number of carbonyl (C=O) groups is 3. The summed E-state index contributed by atoms with van der Waals surface area (Å²) in [5, 5.41) is 5.26. The van der Waals surface area contributed by atoms with Crippen molar-refractivity contribution in [2.24, 2.45) is 0 Å². The minimum Gasteiger partial charge on any atom is -0.496 e. The Kier molecular flexibility index (Phi) is 11.7. The van der Waals surface area contributed by atoms with Crippen molar-refractivity contribution in [3.8, 4) is 28.4 Å². The quantitative estimate of drug-likeness (QED) is 0.127. The van der Waals surface area contributed by atoms with E-state index in [9.17, 15) is 14.4 Å². The van der Waals surface area contributed by atoms with E-state index < -0.39 is 41.2 Å². The van der Waals surface area contributed by atoms with Crippen LogP contribution in [-0.2, 0) is 27.3 Å². The summed E-state index contributed by atoms with van der Waals surface area (Å²) in [6.45, 7) is 2.80. The highest BCUT2D eigenvalue weighted by Crippen LogP contribution is 2.43. The number of halogens is 2. The molecule has 4 aromatic carbocycles. The van der Waals surface area contributed by atoms with E-state index in [1.165, 1.54) is 12.1 Å². The largest absolute Gasteiger partial charge is 0.496 e. The molecule has 1 heterocycles. The number of benzene rings is 4. The van der Waals surface area contributed by atoms with E-state index in [2.05, 4.69) is 15.6 Å². The zero-order chi connectivity index (χ0) is 36.5. The van der Waals surface area contributed by atoms with E-state index in [0.29, 0.717) is 52.3 Å². The predicted molar refractivity (Wildman–Crippen MR) is 185 cm³/mol. The maximum absolute atomic E-state index is 15.2. The number of fused-ring (bicyclic) bond motifs is 1. The van der Waals surface area contributed by atoms with Crippen LogP contribution in [0.1, 0.15) is 28.4 Å². The lowest BCUT2D eigenvalue weighted by Gasteiger charge is -2.20. The Morgan fingerprint density at radius 1 is 0.863 bits per heavy atom. The van der Waals surface area contributed by atoms with E-state index in [0.717, 1.165) is 24.8 Å². The van der Waals surface area contributed by atoms with E-state index >= 15 is 8.78 Å². The van der Waals surface area contributed by atoms with Crippen LogP contribution in [0.25, 0.3) is 22.0 Å². The Hall–Kier alpha value is -6.08. The van der Waals surface area contributed by atoms with Crippen LogP contribution >= 0.6 is 0 Å². The summed E-state index contributed by atoms with van der Waals surface area (Å²) in [6.07, 6.45) is 0.505. The summed E-state index contributed by atoms with van der Waals surface area (Å²) in [6, 6.07) is 19.0. The number of nitrogens with one attached hydrogen (secondary N) is 2. The van der Waals surface area contributed by atoms with Gasteiger partial charge in [-0.25, -0.2) is 18.4 Å². The summed E-state index contributed by atoms with van der Waals surface area (Å²) in [5.41, 5.74) is 2.05. The second-order valence-electron chi connectivity index (χ2n) is 11.1. The molecule has 2 amide bonds. The number of carbonyl (C=O) groups excluding carboxylic acids is 3. The second kappa shape index (κ2) is 16.5. The van der Waals surface area contributed by atoms with Crippen LogP contribution in [0.15, 0.2) is 85.1 Å². The van der Waals surface area contributed by atoms with Crippen LogP contribution in [0.2, 0.25) is 0 Å². The van der Waals surface area contributed by atoms with Crippen molar-refractivity contribution in [2.75, 3.05) is 33.3 Å². The van der Waals surface area contributed by atoms with Crippen molar-refractivity contribution in [3.63, 3.8) is 0 Å². The average molecular weight is 700 g/mol. The molecule has 5 aromatic rings. The van der Waals surface area contributed by atoms with Crippen LogP contribution in [0.5, 0.6) is 17.2 Å². The first kappa shape index (κ1) is 36.2. The van der Waals surface area contributed by atoms with Gasteiger partial charge < -0.3 is 29.0 Å². The molecule has 13 heteroatoms. The molecule has 1 aromatic heterocycles. The molecule has 0 bridgehead atoms. The van der Waals surface area contributed by atoms with Crippen LogP contribution in [-0.4, -0.2) is 56.9 Å². The minimum absolute atomic E-state index is 0.114. The zero-order valence-electron chi connectivity index (χ0n) is 28.3. The smallest absolute Gasteiger partial charge is 0.417 e. The maximum atomic E-state index is 15.2. The van der Waals surface area contributed by atoms with Crippen molar-refractivity contribution in [1.29, 1.82) is 0 Å². The summed E-state index contributed by atoms with van der Waals surface area (Å²) >= 11 is 0. The molecule has 11 nitrogen and oxygen atoms in total. The molecule has 2 N–H and O–H groups in total. The third-order valence-corrected chi connectivity index (χ3v) is 7.85. The van der Waals surface area contributed by atoms with Gasteiger partial charge in [-0.3, -0.25) is 15.1 Å². The SMILES string of the molecule is CCOCc1cc(OC)c(-c2ccc(C[C@H](NC(=O)c3c(F)cc(NC(=O)Oc4ccccc4)cc3F)C(=O)OC)c3cccnc23)c(OC)c1. The van der Waals surface area contributed by atoms with E-state index in [4.69, 9.17) is 23.7 Å². The van der Waals surface area contributed by atoms with Gasteiger partial charge in [0.1, 0.15) is 40.5 Å². The van der Waals surface area contributed by atoms with Crippen LogP contribution in [0, 0.1) is 11.6 Å². The van der Waals surface area contributed by atoms with Gasteiger partial charge in [-0.2, -0.15) is 0 Å². The molecule has 0 aliphatic rings. The molecular formula is C38H35F2N3O8. The van der Waals surface area contributed by atoms with Crippen LogP contribution in [0.4, 0.5) is 19.3 Å². The number of esters is 1. The van der Waals surface area contributed by atoms with Gasteiger partial charge in [0.05, 0.1) is 39.0 Å². The number of anilines is 1. The predicted octanol–water partition coefficient (Wildman–Crippen LogP) is 6.86. The van der Waals surface area contributed by atoms with Crippen LogP contribution in [0.3, 0.4) is 0 Å².